The molecular formula is C21H26NO5+. The van der Waals surface area contributed by atoms with Crippen molar-refractivity contribution < 1.29 is 28.3 Å². The number of Topliss-reactive ketones (excluding diaryl/α,β-unsaturated/α-hetero) is 1. The van der Waals surface area contributed by atoms with Crippen LogP contribution in [-0.2, 0) is 26.2 Å². The predicted octanol–water partition coefficient (Wildman–Crippen LogP) is 1.97. The molecule has 1 spiro atoms. The first-order valence-electron chi connectivity index (χ1n) is 9.78. The number of methoxy groups -OCH3 is 1. The lowest BCUT2D eigenvalue weighted by Crippen LogP contribution is -2.72. The lowest BCUT2D eigenvalue weighted by atomic mass is 9.51. The summed E-state index contributed by atoms with van der Waals surface area (Å²) in [6.07, 6.45) is 2.84. The minimum Gasteiger partial charge on any atom is -0.493 e. The molecule has 5 atom stereocenters. The van der Waals surface area contributed by atoms with Crippen molar-refractivity contribution in [2.45, 2.75) is 50.2 Å². The Labute approximate surface area is 159 Å². The van der Waals surface area contributed by atoms with E-state index in [-0.39, 0.29) is 17.2 Å². The molecule has 1 saturated carbocycles. The maximum Gasteiger partial charge on any atom is 0.306 e. The zero-order chi connectivity index (χ0) is 19.0. The molecular weight excluding hydrogens is 346 g/mol. The first-order valence-corrected chi connectivity index (χ1v) is 9.78. The zero-order valence-corrected chi connectivity index (χ0v) is 16.1. The van der Waals surface area contributed by atoms with E-state index in [0.29, 0.717) is 29.6 Å². The molecule has 1 aromatic carbocycles. The van der Waals surface area contributed by atoms with E-state index in [1.54, 1.807) is 7.11 Å². The van der Waals surface area contributed by atoms with Gasteiger partial charge in [0.2, 0.25) is 6.73 Å². The Morgan fingerprint density at radius 1 is 1.41 bits per heavy atom. The van der Waals surface area contributed by atoms with Crippen LogP contribution in [0.25, 0.3) is 0 Å². The third-order valence-electron chi connectivity index (χ3n) is 7.55. The van der Waals surface area contributed by atoms with Crippen molar-refractivity contribution in [2.24, 2.45) is 5.92 Å². The number of hydrogen-bond acceptors (Lipinski definition) is 5. The smallest absolute Gasteiger partial charge is 0.306 e. The van der Waals surface area contributed by atoms with Gasteiger partial charge in [-0.3, -0.25) is 14.1 Å². The number of likely N-dealkylation sites (tertiary alicyclic amines) is 1. The summed E-state index contributed by atoms with van der Waals surface area (Å²) in [5.74, 6) is 1.85. The van der Waals surface area contributed by atoms with Gasteiger partial charge in [0.1, 0.15) is 0 Å². The van der Waals surface area contributed by atoms with Crippen LogP contribution < -0.4 is 9.47 Å². The first-order chi connectivity index (χ1) is 12.9. The Morgan fingerprint density at radius 3 is 2.96 bits per heavy atom. The fourth-order valence-corrected chi connectivity index (χ4v) is 6.34. The van der Waals surface area contributed by atoms with E-state index >= 15 is 0 Å². The van der Waals surface area contributed by atoms with E-state index in [1.807, 2.05) is 6.07 Å². The lowest BCUT2D eigenvalue weighted by molar-refractivity contribution is -0.959. The number of nitrogens with zero attached hydrogens (tertiary/aromatic N) is 1. The molecule has 5 rings (SSSR count). The number of ether oxygens (including phenoxy) is 3. The van der Waals surface area contributed by atoms with Crippen molar-refractivity contribution in [3.63, 3.8) is 0 Å². The summed E-state index contributed by atoms with van der Waals surface area (Å²) < 4.78 is 18.0. The molecule has 0 aromatic heterocycles. The maximum absolute atomic E-state index is 12.9. The van der Waals surface area contributed by atoms with Crippen LogP contribution in [0.1, 0.15) is 37.3 Å². The quantitative estimate of drug-likeness (QED) is 0.600. The van der Waals surface area contributed by atoms with Crippen LogP contribution in [0.15, 0.2) is 12.1 Å². The molecule has 0 N–H and O–H groups in total. The number of benzene rings is 1. The third-order valence-corrected chi connectivity index (χ3v) is 7.55. The summed E-state index contributed by atoms with van der Waals surface area (Å²) in [4.78, 5) is 24.3. The molecule has 1 unspecified atom stereocenters. The van der Waals surface area contributed by atoms with Gasteiger partial charge >= 0.3 is 5.97 Å². The highest BCUT2D eigenvalue weighted by molar-refractivity contribution is 5.89. The highest BCUT2D eigenvalue weighted by atomic mass is 16.5. The van der Waals surface area contributed by atoms with E-state index in [4.69, 9.17) is 14.2 Å². The average Bonchev–Trinajstić information content (AvgIpc) is 3.00. The minimum absolute atomic E-state index is 0.215. The summed E-state index contributed by atoms with van der Waals surface area (Å²) in [7, 11) is 3.84. The summed E-state index contributed by atoms with van der Waals surface area (Å²) in [5, 5.41) is 0. The largest absolute Gasteiger partial charge is 0.493 e. The van der Waals surface area contributed by atoms with E-state index in [1.165, 1.54) is 18.1 Å². The van der Waals surface area contributed by atoms with Crippen molar-refractivity contribution in [1.82, 2.24) is 0 Å². The fourth-order valence-electron chi connectivity index (χ4n) is 6.34. The molecule has 27 heavy (non-hydrogen) atoms. The molecule has 2 aliphatic heterocycles. The third kappa shape index (κ3) is 2.05. The van der Waals surface area contributed by atoms with Gasteiger partial charge in [-0.25, -0.2) is 0 Å². The number of hydrogen-bond donors (Lipinski definition) is 0. The van der Waals surface area contributed by atoms with Crippen LogP contribution >= 0.6 is 0 Å². The molecule has 2 heterocycles. The standard InChI is InChI=1S/C21H26NO5/c1-12(23)26-11-22(2)9-8-21-14-5-6-16(24)20(21)27-19-17(25-3)7-4-13(18(19)21)10-15(14)22/h4,7,14-15,20H,5-6,8-11H2,1-3H3/q+1/t14-,15?,20-,21-,22-/m0/s1. The molecule has 2 aliphatic carbocycles. The van der Waals surface area contributed by atoms with Crippen LogP contribution in [0.2, 0.25) is 0 Å². The van der Waals surface area contributed by atoms with E-state index in [2.05, 4.69) is 13.1 Å². The van der Waals surface area contributed by atoms with Gasteiger partial charge in [-0.05, 0) is 18.1 Å². The highest BCUT2D eigenvalue weighted by Crippen LogP contribution is 2.64. The lowest BCUT2D eigenvalue weighted by Gasteiger charge is -2.59. The number of esters is 1. The van der Waals surface area contributed by atoms with Gasteiger partial charge < -0.3 is 14.2 Å². The molecule has 0 radical (unpaired) electrons. The van der Waals surface area contributed by atoms with Gasteiger partial charge in [0.15, 0.2) is 23.4 Å². The van der Waals surface area contributed by atoms with E-state index in [0.717, 1.165) is 37.3 Å². The Bertz CT molecular complexity index is 851. The summed E-state index contributed by atoms with van der Waals surface area (Å²) in [6, 6.07) is 4.41. The second-order valence-corrected chi connectivity index (χ2v) is 8.77. The average molecular weight is 372 g/mol. The normalized spacial score (nSPS) is 38.0. The van der Waals surface area contributed by atoms with Gasteiger partial charge in [0.25, 0.3) is 0 Å². The summed E-state index contributed by atoms with van der Waals surface area (Å²) in [5.41, 5.74) is 2.24. The van der Waals surface area contributed by atoms with Crippen molar-refractivity contribution in [3.8, 4) is 11.5 Å². The Kier molecular flexibility index (Phi) is 3.46. The zero-order valence-electron chi connectivity index (χ0n) is 16.1. The number of ketones is 1. The van der Waals surface area contributed by atoms with Crippen molar-refractivity contribution in [1.29, 1.82) is 0 Å². The molecule has 2 bridgehead atoms. The van der Waals surface area contributed by atoms with Crippen molar-refractivity contribution in [2.75, 3.05) is 27.4 Å². The number of carbonyl (C=O) groups excluding carboxylic acids is 2. The van der Waals surface area contributed by atoms with Crippen molar-refractivity contribution in [3.05, 3.63) is 23.3 Å². The number of rotatable bonds is 3. The number of piperidine rings is 1. The summed E-state index contributed by atoms with van der Waals surface area (Å²) in [6.45, 7) is 2.73. The van der Waals surface area contributed by atoms with Gasteiger partial charge in [0.05, 0.1) is 32.2 Å². The number of quaternary nitrogens is 1. The number of carbonyl (C=O) groups is 2. The van der Waals surface area contributed by atoms with Gasteiger partial charge in [0, 0.05) is 37.7 Å². The van der Waals surface area contributed by atoms with Crippen molar-refractivity contribution >= 4 is 11.8 Å². The van der Waals surface area contributed by atoms with E-state index < -0.39 is 6.10 Å². The first kappa shape index (κ1) is 17.0. The van der Waals surface area contributed by atoms with Crippen LogP contribution in [0, 0.1) is 5.92 Å². The topological polar surface area (TPSA) is 61.8 Å². The molecule has 6 heteroatoms. The highest BCUT2D eigenvalue weighted by Gasteiger charge is 2.69. The SMILES string of the molecule is COc1ccc2c3c1O[C@H]1C(=O)CC[C@H]4C(C2)[N@+](C)(COC(C)=O)CC[C@]314. The van der Waals surface area contributed by atoms with Crippen LogP contribution in [0.4, 0.5) is 0 Å². The second kappa shape index (κ2) is 5.47. The summed E-state index contributed by atoms with van der Waals surface area (Å²) >= 11 is 0. The molecule has 0 amide bonds. The Hall–Kier alpha value is -2.08. The number of likely N-dealkylation sites (N-methyl/N-ethyl adjacent to an activating group) is 1. The predicted molar refractivity (Wildman–Crippen MR) is 96.6 cm³/mol. The molecule has 4 aliphatic rings. The van der Waals surface area contributed by atoms with Gasteiger partial charge in [-0.1, -0.05) is 6.07 Å². The van der Waals surface area contributed by atoms with Gasteiger partial charge in [-0.2, -0.15) is 0 Å². The molecule has 144 valence electrons. The van der Waals surface area contributed by atoms with Crippen LogP contribution in [0.5, 0.6) is 11.5 Å². The second-order valence-electron chi connectivity index (χ2n) is 8.77. The van der Waals surface area contributed by atoms with Gasteiger partial charge in [-0.15, -0.1) is 0 Å². The monoisotopic (exact) mass is 372 g/mol. The molecule has 6 nitrogen and oxygen atoms in total. The Morgan fingerprint density at radius 2 is 2.22 bits per heavy atom. The van der Waals surface area contributed by atoms with Crippen LogP contribution in [0.3, 0.4) is 0 Å². The van der Waals surface area contributed by atoms with Crippen LogP contribution in [-0.4, -0.2) is 55.8 Å². The maximum atomic E-state index is 12.9. The minimum atomic E-state index is -0.397. The van der Waals surface area contributed by atoms with E-state index in [9.17, 15) is 9.59 Å². The fraction of sp³-hybridized carbons (Fsp3) is 0.619. The molecule has 1 saturated heterocycles. The molecule has 1 aromatic rings. The Balaban J connectivity index is 1.66. The molecule has 2 fully saturated rings.